The van der Waals surface area contributed by atoms with Gasteiger partial charge in [0.1, 0.15) is 0 Å². The van der Waals surface area contributed by atoms with Gasteiger partial charge in [0, 0.05) is 0 Å². The van der Waals surface area contributed by atoms with E-state index < -0.39 is 0 Å². The third kappa shape index (κ3) is 3.11. The van der Waals surface area contributed by atoms with E-state index in [-0.39, 0.29) is 12.2 Å². The van der Waals surface area contributed by atoms with E-state index in [2.05, 4.69) is 34.6 Å². The van der Waals surface area contributed by atoms with Crippen molar-refractivity contribution in [3.05, 3.63) is 0 Å². The molecule has 4 saturated carbocycles. The highest BCUT2D eigenvalue weighted by molar-refractivity contribution is 5.11. The lowest BCUT2D eigenvalue weighted by atomic mass is 9.42. The average molecular weight is 391 g/mol. The molecule has 162 valence electrons. The molecule has 2 N–H and O–H groups in total. The van der Waals surface area contributed by atoms with Crippen LogP contribution in [0.2, 0.25) is 0 Å². The molecule has 2 nitrogen and oxygen atoms in total. The minimum Gasteiger partial charge on any atom is -0.393 e. The van der Waals surface area contributed by atoms with Crippen molar-refractivity contribution in [2.45, 2.75) is 105 Å². The summed E-state index contributed by atoms with van der Waals surface area (Å²) in [5.74, 6) is 6.19. The van der Waals surface area contributed by atoms with Crippen LogP contribution in [-0.2, 0) is 0 Å². The summed E-state index contributed by atoms with van der Waals surface area (Å²) in [6.07, 6.45) is 10.6. The number of hydrogen-bond donors (Lipinski definition) is 2. The van der Waals surface area contributed by atoms with Crippen LogP contribution < -0.4 is 0 Å². The van der Waals surface area contributed by atoms with Gasteiger partial charge in [-0.2, -0.15) is 0 Å². The summed E-state index contributed by atoms with van der Waals surface area (Å²) in [5, 5.41) is 22.1. The van der Waals surface area contributed by atoms with E-state index in [9.17, 15) is 10.2 Å². The molecule has 4 aliphatic carbocycles. The van der Waals surface area contributed by atoms with Crippen LogP contribution in [0.3, 0.4) is 0 Å². The zero-order valence-corrected chi connectivity index (χ0v) is 19.1. The van der Waals surface area contributed by atoms with Crippen LogP contribution in [0.5, 0.6) is 0 Å². The zero-order chi connectivity index (χ0) is 20.2. The molecule has 4 fully saturated rings. The van der Waals surface area contributed by atoms with Gasteiger partial charge in [0.2, 0.25) is 0 Å². The third-order valence-corrected chi connectivity index (χ3v) is 10.6. The van der Waals surface area contributed by atoms with Crippen LogP contribution in [0.15, 0.2) is 0 Å². The van der Waals surface area contributed by atoms with Crippen LogP contribution in [0, 0.1) is 58.7 Å². The van der Waals surface area contributed by atoms with Crippen molar-refractivity contribution in [2.75, 3.05) is 0 Å². The molecule has 2 heteroatoms. The van der Waals surface area contributed by atoms with Gasteiger partial charge < -0.3 is 10.2 Å². The van der Waals surface area contributed by atoms with Gasteiger partial charge in [-0.25, -0.2) is 0 Å². The van der Waals surface area contributed by atoms with E-state index in [1.54, 1.807) is 0 Å². The SMILES string of the molecule is CCC[C@@H](C)[C@H]1CCC2C3C(C[C@@H](C)[C@H]21)[C@@]1(C)CC[C@@H](O)C[C@H]1[C@@H](CC)[C@H]3O. The Labute approximate surface area is 173 Å². The molecule has 0 bridgehead atoms. The molecule has 4 rings (SSSR count). The van der Waals surface area contributed by atoms with Crippen LogP contribution in [0.1, 0.15) is 92.4 Å². The summed E-state index contributed by atoms with van der Waals surface area (Å²) in [4.78, 5) is 0. The maximum absolute atomic E-state index is 11.7. The van der Waals surface area contributed by atoms with Gasteiger partial charge in [-0.05, 0) is 97.2 Å². The minimum absolute atomic E-state index is 0.140. The fourth-order valence-corrected chi connectivity index (χ4v) is 9.44. The van der Waals surface area contributed by atoms with Crippen molar-refractivity contribution in [3.63, 3.8) is 0 Å². The standard InChI is InChI=1S/C26H46O2/c1-6-8-15(3)19-9-10-20-23(19)16(4)13-22-24(20)25(28)18(7-2)21-14-17(27)11-12-26(21,22)5/h15-25,27-28H,6-14H2,1-5H3/t15-,16-,17-,18-,19-,20?,21+,22?,23+,24?,25-,26+/m1/s1. The van der Waals surface area contributed by atoms with E-state index in [0.717, 1.165) is 48.9 Å². The number of aliphatic hydroxyl groups is 2. The highest BCUT2D eigenvalue weighted by Gasteiger charge is 2.63. The van der Waals surface area contributed by atoms with E-state index in [1.807, 2.05) is 0 Å². The van der Waals surface area contributed by atoms with Gasteiger partial charge in [0.25, 0.3) is 0 Å². The average Bonchev–Trinajstić information content (AvgIpc) is 3.10. The Balaban J connectivity index is 1.66. The summed E-state index contributed by atoms with van der Waals surface area (Å²) < 4.78 is 0. The minimum atomic E-state index is -0.143. The highest BCUT2D eigenvalue weighted by atomic mass is 16.3. The maximum Gasteiger partial charge on any atom is 0.0604 e. The predicted octanol–water partition coefficient (Wildman–Crippen LogP) is 5.91. The first-order valence-electron chi connectivity index (χ1n) is 12.7. The lowest BCUT2D eigenvalue weighted by Crippen LogP contribution is -2.61. The lowest BCUT2D eigenvalue weighted by molar-refractivity contribution is -0.199. The van der Waals surface area contributed by atoms with Crippen molar-refractivity contribution in [1.82, 2.24) is 0 Å². The largest absolute Gasteiger partial charge is 0.393 e. The Morgan fingerprint density at radius 3 is 2.43 bits per heavy atom. The van der Waals surface area contributed by atoms with Gasteiger partial charge in [0.05, 0.1) is 12.2 Å². The molecule has 0 heterocycles. The first-order chi connectivity index (χ1) is 13.3. The molecule has 0 saturated heterocycles. The molecule has 4 aliphatic rings. The second-order valence-electron chi connectivity index (χ2n) is 11.7. The quantitative estimate of drug-likeness (QED) is 0.627. The molecule has 0 aliphatic heterocycles. The van der Waals surface area contributed by atoms with Gasteiger partial charge >= 0.3 is 0 Å². The van der Waals surface area contributed by atoms with Crippen molar-refractivity contribution >= 4 is 0 Å². The molecule has 0 aromatic rings. The predicted molar refractivity (Wildman–Crippen MR) is 116 cm³/mol. The van der Waals surface area contributed by atoms with Crippen LogP contribution >= 0.6 is 0 Å². The molecule has 0 radical (unpaired) electrons. The van der Waals surface area contributed by atoms with Crippen molar-refractivity contribution in [1.29, 1.82) is 0 Å². The fraction of sp³-hybridized carbons (Fsp3) is 1.00. The zero-order valence-electron chi connectivity index (χ0n) is 19.1. The monoisotopic (exact) mass is 390 g/mol. The number of hydrogen-bond acceptors (Lipinski definition) is 2. The molecular formula is C26H46O2. The van der Waals surface area contributed by atoms with E-state index in [1.165, 1.54) is 38.5 Å². The summed E-state index contributed by atoms with van der Waals surface area (Å²) in [6, 6.07) is 0. The summed E-state index contributed by atoms with van der Waals surface area (Å²) >= 11 is 0. The Bertz CT molecular complexity index is 547. The van der Waals surface area contributed by atoms with E-state index in [0.29, 0.717) is 29.1 Å². The Kier molecular flexibility index (Phi) is 5.95. The second kappa shape index (κ2) is 7.88. The van der Waals surface area contributed by atoms with Gasteiger partial charge in [-0.3, -0.25) is 0 Å². The van der Waals surface area contributed by atoms with Crippen LogP contribution in [-0.4, -0.2) is 22.4 Å². The Morgan fingerprint density at radius 1 is 1.00 bits per heavy atom. The van der Waals surface area contributed by atoms with E-state index >= 15 is 0 Å². The van der Waals surface area contributed by atoms with E-state index in [4.69, 9.17) is 0 Å². The molecule has 28 heavy (non-hydrogen) atoms. The smallest absolute Gasteiger partial charge is 0.0604 e. The highest BCUT2D eigenvalue weighted by Crippen LogP contribution is 2.67. The van der Waals surface area contributed by atoms with Crippen LogP contribution in [0.4, 0.5) is 0 Å². The topological polar surface area (TPSA) is 40.5 Å². The van der Waals surface area contributed by atoms with Gasteiger partial charge in [-0.15, -0.1) is 0 Å². The molecule has 0 aromatic heterocycles. The molecule has 0 amide bonds. The summed E-state index contributed by atoms with van der Waals surface area (Å²) in [6.45, 7) is 12.2. The lowest BCUT2D eigenvalue weighted by Gasteiger charge is -2.64. The first kappa shape index (κ1) is 21.2. The summed E-state index contributed by atoms with van der Waals surface area (Å²) in [7, 11) is 0. The molecular weight excluding hydrogens is 344 g/mol. The Morgan fingerprint density at radius 2 is 1.75 bits per heavy atom. The third-order valence-electron chi connectivity index (χ3n) is 10.6. The first-order valence-corrected chi connectivity index (χ1v) is 12.7. The molecule has 0 aromatic carbocycles. The van der Waals surface area contributed by atoms with Crippen LogP contribution in [0.25, 0.3) is 0 Å². The summed E-state index contributed by atoms with van der Waals surface area (Å²) in [5.41, 5.74) is 0.330. The molecule has 0 spiro atoms. The molecule has 3 unspecified atom stereocenters. The van der Waals surface area contributed by atoms with Crippen molar-refractivity contribution < 1.29 is 10.2 Å². The van der Waals surface area contributed by atoms with Gasteiger partial charge in [0.15, 0.2) is 0 Å². The molecule has 12 atom stereocenters. The fourth-order valence-electron chi connectivity index (χ4n) is 9.44. The van der Waals surface area contributed by atoms with Crippen molar-refractivity contribution in [3.8, 4) is 0 Å². The number of rotatable bonds is 4. The van der Waals surface area contributed by atoms with Crippen molar-refractivity contribution in [2.24, 2.45) is 58.7 Å². The normalized spacial score (nSPS) is 54.5. The number of fused-ring (bicyclic) bond motifs is 5. The number of aliphatic hydroxyl groups excluding tert-OH is 2. The Hall–Kier alpha value is -0.0800. The van der Waals surface area contributed by atoms with Gasteiger partial charge in [-0.1, -0.05) is 53.9 Å². The second-order valence-corrected chi connectivity index (χ2v) is 11.7. The maximum atomic E-state index is 11.7.